The van der Waals surface area contributed by atoms with E-state index in [9.17, 15) is 0 Å². The SMILES string of the molecule is C[C@H](N)[C@@H]1C[C@@H]1c1ccc(Cl)c(Cl)c1. The predicted molar refractivity (Wildman–Crippen MR) is 61.0 cm³/mol. The number of halogens is 2. The molecule has 2 rings (SSSR count). The Kier molecular flexibility index (Phi) is 2.74. The first-order valence-electron chi connectivity index (χ1n) is 4.80. The van der Waals surface area contributed by atoms with Crippen LogP contribution >= 0.6 is 23.2 Å². The Morgan fingerprint density at radius 1 is 1.36 bits per heavy atom. The molecule has 2 N–H and O–H groups in total. The van der Waals surface area contributed by atoms with Gasteiger partial charge in [-0.25, -0.2) is 0 Å². The van der Waals surface area contributed by atoms with Crippen LogP contribution in [0.5, 0.6) is 0 Å². The fourth-order valence-electron chi connectivity index (χ4n) is 1.92. The fourth-order valence-corrected chi connectivity index (χ4v) is 2.23. The van der Waals surface area contributed by atoms with Crippen molar-refractivity contribution in [2.24, 2.45) is 11.7 Å². The first-order chi connectivity index (χ1) is 6.59. The molecule has 0 amide bonds. The van der Waals surface area contributed by atoms with Crippen LogP contribution < -0.4 is 5.73 Å². The van der Waals surface area contributed by atoms with Crippen molar-refractivity contribution in [2.45, 2.75) is 25.3 Å². The van der Waals surface area contributed by atoms with E-state index in [1.54, 1.807) is 0 Å². The first-order valence-corrected chi connectivity index (χ1v) is 5.55. The second-order valence-electron chi connectivity index (χ2n) is 4.04. The smallest absolute Gasteiger partial charge is 0.0595 e. The second kappa shape index (κ2) is 3.73. The molecule has 3 atom stereocenters. The average Bonchev–Trinajstić information content (AvgIpc) is 2.89. The topological polar surface area (TPSA) is 26.0 Å². The molecule has 1 fully saturated rings. The van der Waals surface area contributed by atoms with Crippen molar-refractivity contribution in [1.82, 2.24) is 0 Å². The molecule has 1 saturated carbocycles. The van der Waals surface area contributed by atoms with Gasteiger partial charge in [-0.2, -0.15) is 0 Å². The van der Waals surface area contributed by atoms with Crippen LogP contribution in [-0.4, -0.2) is 6.04 Å². The molecule has 0 bridgehead atoms. The standard InChI is InChI=1S/C11H13Cl2N/c1-6(14)8-5-9(8)7-2-3-10(12)11(13)4-7/h2-4,6,8-9H,5,14H2,1H3/t6-,8-,9+/m0/s1. The summed E-state index contributed by atoms with van der Waals surface area (Å²) in [4.78, 5) is 0. The van der Waals surface area contributed by atoms with Crippen LogP contribution in [0, 0.1) is 5.92 Å². The van der Waals surface area contributed by atoms with Crippen LogP contribution in [0.25, 0.3) is 0 Å². The van der Waals surface area contributed by atoms with Gasteiger partial charge in [0.15, 0.2) is 0 Å². The number of nitrogens with two attached hydrogens (primary N) is 1. The van der Waals surface area contributed by atoms with Gasteiger partial charge in [-0.15, -0.1) is 0 Å². The molecule has 1 aromatic rings. The van der Waals surface area contributed by atoms with Gasteiger partial charge in [0.2, 0.25) is 0 Å². The summed E-state index contributed by atoms with van der Waals surface area (Å²) < 4.78 is 0. The van der Waals surface area contributed by atoms with Crippen molar-refractivity contribution in [1.29, 1.82) is 0 Å². The molecule has 0 unspecified atom stereocenters. The summed E-state index contributed by atoms with van der Waals surface area (Å²) in [6.45, 7) is 2.06. The van der Waals surface area contributed by atoms with Gasteiger partial charge in [-0.1, -0.05) is 29.3 Å². The minimum absolute atomic E-state index is 0.273. The zero-order valence-electron chi connectivity index (χ0n) is 8.00. The Morgan fingerprint density at radius 2 is 2.07 bits per heavy atom. The highest BCUT2D eigenvalue weighted by molar-refractivity contribution is 6.42. The molecule has 3 heteroatoms. The maximum Gasteiger partial charge on any atom is 0.0595 e. The molecule has 0 aliphatic heterocycles. The third kappa shape index (κ3) is 1.90. The van der Waals surface area contributed by atoms with Gasteiger partial charge in [-0.3, -0.25) is 0 Å². The zero-order chi connectivity index (χ0) is 10.3. The Bertz CT molecular complexity index is 349. The number of hydrogen-bond donors (Lipinski definition) is 1. The lowest BCUT2D eigenvalue weighted by molar-refractivity contribution is 0.631. The molecule has 1 aliphatic rings. The first kappa shape index (κ1) is 10.3. The Morgan fingerprint density at radius 3 is 2.57 bits per heavy atom. The van der Waals surface area contributed by atoms with Crippen molar-refractivity contribution >= 4 is 23.2 Å². The van der Waals surface area contributed by atoms with Gasteiger partial charge in [-0.05, 0) is 42.9 Å². The summed E-state index contributed by atoms with van der Waals surface area (Å²) in [5.74, 6) is 1.21. The molecular weight excluding hydrogens is 217 g/mol. The van der Waals surface area contributed by atoms with Crippen molar-refractivity contribution in [3.63, 3.8) is 0 Å². The van der Waals surface area contributed by atoms with Crippen molar-refractivity contribution in [3.8, 4) is 0 Å². The predicted octanol–water partition coefficient (Wildman–Crippen LogP) is 3.44. The number of benzene rings is 1. The minimum Gasteiger partial charge on any atom is -0.328 e. The normalized spacial score (nSPS) is 27.4. The van der Waals surface area contributed by atoms with Gasteiger partial charge >= 0.3 is 0 Å². The molecule has 76 valence electrons. The monoisotopic (exact) mass is 229 g/mol. The van der Waals surface area contributed by atoms with Gasteiger partial charge < -0.3 is 5.73 Å². The summed E-state index contributed by atoms with van der Waals surface area (Å²) in [6, 6.07) is 6.13. The summed E-state index contributed by atoms with van der Waals surface area (Å²) in [5, 5.41) is 1.26. The van der Waals surface area contributed by atoms with Crippen molar-refractivity contribution in [2.75, 3.05) is 0 Å². The quantitative estimate of drug-likeness (QED) is 0.827. The van der Waals surface area contributed by atoms with Crippen LogP contribution in [0.3, 0.4) is 0 Å². The lowest BCUT2D eigenvalue weighted by Gasteiger charge is -2.05. The van der Waals surface area contributed by atoms with Gasteiger partial charge in [0.05, 0.1) is 10.0 Å². The fraction of sp³-hybridized carbons (Fsp3) is 0.455. The molecule has 1 aliphatic carbocycles. The summed E-state index contributed by atoms with van der Waals surface area (Å²) in [5.41, 5.74) is 7.10. The molecule has 0 spiro atoms. The van der Waals surface area contributed by atoms with E-state index in [4.69, 9.17) is 28.9 Å². The molecule has 0 aromatic heterocycles. The maximum atomic E-state index is 5.95. The van der Waals surface area contributed by atoms with Crippen LogP contribution in [-0.2, 0) is 0 Å². The van der Waals surface area contributed by atoms with Gasteiger partial charge in [0.25, 0.3) is 0 Å². The van der Waals surface area contributed by atoms with E-state index in [2.05, 4.69) is 6.92 Å². The molecule has 0 heterocycles. The highest BCUT2D eigenvalue weighted by Gasteiger charge is 2.40. The third-order valence-electron chi connectivity index (χ3n) is 2.89. The Balaban J connectivity index is 2.16. The van der Waals surface area contributed by atoms with E-state index in [-0.39, 0.29) is 6.04 Å². The molecule has 0 radical (unpaired) electrons. The minimum atomic E-state index is 0.273. The molecular formula is C11H13Cl2N. The maximum absolute atomic E-state index is 5.95. The average molecular weight is 230 g/mol. The van der Waals surface area contributed by atoms with Crippen molar-refractivity contribution in [3.05, 3.63) is 33.8 Å². The van der Waals surface area contributed by atoms with E-state index in [0.29, 0.717) is 21.9 Å². The summed E-state index contributed by atoms with van der Waals surface area (Å²) >= 11 is 11.8. The highest BCUT2D eigenvalue weighted by Crippen LogP contribution is 2.49. The van der Waals surface area contributed by atoms with Gasteiger partial charge in [0, 0.05) is 6.04 Å². The summed E-state index contributed by atoms with van der Waals surface area (Å²) in [6.07, 6.45) is 1.18. The third-order valence-corrected chi connectivity index (χ3v) is 3.63. The second-order valence-corrected chi connectivity index (χ2v) is 4.85. The lowest BCUT2D eigenvalue weighted by Crippen LogP contribution is -2.17. The zero-order valence-corrected chi connectivity index (χ0v) is 9.52. The van der Waals surface area contributed by atoms with Crippen molar-refractivity contribution < 1.29 is 0 Å². The largest absolute Gasteiger partial charge is 0.328 e. The van der Waals surface area contributed by atoms with Crippen LogP contribution in [0.4, 0.5) is 0 Å². The molecule has 14 heavy (non-hydrogen) atoms. The molecule has 1 nitrogen and oxygen atoms in total. The van der Waals surface area contributed by atoms with E-state index in [1.165, 1.54) is 12.0 Å². The van der Waals surface area contributed by atoms with Crippen LogP contribution in [0.15, 0.2) is 18.2 Å². The number of rotatable bonds is 2. The number of hydrogen-bond acceptors (Lipinski definition) is 1. The van der Waals surface area contributed by atoms with E-state index >= 15 is 0 Å². The van der Waals surface area contributed by atoms with E-state index in [1.807, 2.05) is 18.2 Å². The van der Waals surface area contributed by atoms with E-state index < -0.39 is 0 Å². The summed E-state index contributed by atoms with van der Waals surface area (Å²) in [7, 11) is 0. The van der Waals surface area contributed by atoms with Gasteiger partial charge in [0.1, 0.15) is 0 Å². The Labute approximate surface area is 94.2 Å². The van der Waals surface area contributed by atoms with E-state index in [0.717, 1.165) is 0 Å². The Hall–Kier alpha value is -0.240. The highest BCUT2D eigenvalue weighted by atomic mass is 35.5. The van der Waals surface area contributed by atoms with Crippen LogP contribution in [0.1, 0.15) is 24.8 Å². The lowest BCUT2D eigenvalue weighted by atomic mass is 10.1. The molecule has 1 aromatic carbocycles. The van der Waals surface area contributed by atoms with Crippen LogP contribution in [0.2, 0.25) is 10.0 Å². The molecule has 0 saturated heterocycles.